The SMILES string of the molecule is COC(=O)C1(NC(=O)C2CC(Oc3cc(-c4ccccc4)nc4cc(OC)ccc34)CN2C(=O)C(NC(=O)OC(C)(C)C)C(C)(C)C)CC1. The molecule has 1 aromatic heterocycles. The first kappa shape index (κ1) is 35.4. The number of fused-ring (bicyclic) bond motifs is 1. The van der Waals surface area contributed by atoms with Crippen molar-refractivity contribution >= 4 is 34.8 Å². The Hall–Kier alpha value is -4.87. The number of amides is 3. The Kier molecular flexibility index (Phi) is 9.81. The number of pyridine rings is 1. The highest BCUT2D eigenvalue weighted by Gasteiger charge is 2.55. The molecule has 0 bridgehead atoms. The van der Waals surface area contributed by atoms with Gasteiger partial charge in [-0.05, 0) is 51.2 Å². The summed E-state index contributed by atoms with van der Waals surface area (Å²) in [6.07, 6.45) is -0.356. The van der Waals surface area contributed by atoms with Crippen molar-refractivity contribution in [3.63, 3.8) is 0 Å². The number of esters is 1. The number of likely N-dealkylation sites (tertiary alicyclic amines) is 1. The molecule has 3 aromatic rings. The topological polar surface area (TPSA) is 145 Å². The van der Waals surface area contributed by atoms with Crippen LogP contribution < -0.4 is 20.1 Å². The second-order valence-electron chi connectivity index (χ2n) is 14.7. The van der Waals surface area contributed by atoms with Crippen LogP contribution in [0.1, 0.15) is 60.8 Å². The first-order chi connectivity index (χ1) is 23.0. The fraction of sp³-hybridized carbons (Fsp3) is 0.486. The van der Waals surface area contributed by atoms with Crippen LogP contribution in [0.15, 0.2) is 54.6 Å². The quantitative estimate of drug-likeness (QED) is 0.299. The van der Waals surface area contributed by atoms with Crippen LogP contribution in [0.5, 0.6) is 11.5 Å². The number of methoxy groups -OCH3 is 2. The molecule has 2 aromatic carbocycles. The molecule has 1 saturated carbocycles. The van der Waals surface area contributed by atoms with Crippen LogP contribution in [-0.4, -0.2) is 83.9 Å². The molecule has 262 valence electrons. The third-order valence-corrected chi connectivity index (χ3v) is 8.65. The Balaban J connectivity index is 1.49. The van der Waals surface area contributed by atoms with E-state index in [4.69, 9.17) is 23.9 Å². The molecule has 12 heteroatoms. The number of rotatable bonds is 9. The molecule has 2 N–H and O–H groups in total. The second-order valence-corrected chi connectivity index (χ2v) is 14.7. The second kappa shape index (κ2) is 13.6. The lowest BCUT2D eigenvalue weighted by molar-refractivity contribution is -0.148. The summed E-state index contributed by atoms with van der Waals surface area (Å²) in [5.74, 6) is -0.340. The number of hydrogen-bond acceptors (Lipinski definition) is 9. The van der Waals surface area contributed by atoms with Gasteiger partial charge in [-0.1, -0.05) is 51.1 Å². The van der Waals surface area contributed by atoms with Crippen LogP contribution in [0.3, 0.4) is 0 Å². The van der Waals surface area contributed by atoms with E-state index in [1.165, 1.54) is 12.0 Å². The van der Waals surface area contributed by atoms with Crippen molar-refractivity contribution in [2.45, 2.75) is 90.1 Å². The summed E-state index contributed by atoms with van der Waals surface area (Å²) in [5.41, 5.74) is -0.437. The van der Waals surface area contributed by atoms with Crippen LogP contribution in [-0.2, 0) is 23.9 Å². The monoisotopic (exact) mass is 674 g/mol. The van der Waals surface area contributed by atoms with Crippen LogP contribution in [0.4, 0.5) is 4.79 Å². The lowest BCUT2D eigenvalue weighted by Crippen LogP contribution is -2.59. The predicted octanol–water partition coefficient (Wildman–Crippen LogP) is 5.02. The third kappa shape index (κ3) is 8.06. The Morgan fingerprint density at radius 3 is 2.24 bits per heavy atom. The van der Waals surface area contributed by atoms with Crippen molar-refractivity contribution in [1.29, 1.82) is 0 Å². The zero-order chi connectivity index (χ0) is 35.7. The van der Waals surface area contributed by atoms with E-state index in [0.717, 1.165) is 10.9 Å². The molecule has 5 rings (SSSR count). The molecule has 3 amide bonds. The first-order valence-corrected chi connectivity index (χ1v) is 16.4. The predicted molar refractivity (Wildman–Crippen MR) is 183 cm³/mol. The lowest BCUT2D eigenvalue weighted by Gasteiger charge is -2.35. The zero-order valence-electron chi connectivity index (χ0n) is 29.4. The summed E-state index contributed by atoms with van der Waals surface area (Å²) < 4.78 is 22.5. The Bertz CT molecular complexity index is 1730. The van der Waals surface area contributed by atoms with E-state index in [9.17, 15) is 19.2 Å². The van der Waals surface area contributed by atoms with Gasteiger partial charge in [-0.3, -0.25) is 9.59 Å². The fourth-order valence-electron chi connectivity index (χ4n) is 5.97. The molecular formula is C37H46N4O8. The van der Waals surface area contributed by atoms with Gasteiger partial charge < -0.3 is 34.5 Å². The van der Waals surface area contributed by atoms with Crippen molar-refractivity contribution in [3.8, 4) is 22.8 Å². The van der Waals surface area contributed by atoms with Gasteiger partial charge in [0.1, 0.15) is 40.8 Å². The fourth-order valence-corrected chi connectivity index (χ4v) is 5.97. The van der Waals surface area contributed by atoms with Crippen molar-refractivity contribution < 1.29 is 38.1 Å². The average Bonchev–Trinajstić information content (AvgIpc) is 3.70. The molecule has 1 aliphatic heterocycles. The van der Waals surface area contributed by atoms with Gasteiger partial charge in [0.15, 0.2) is 0 Å². The standard InChI is InChI=1S/C37H46N4O8/c1-35(2,3)30(39-34(45)49-36(4,5)6)32(43)41-21-24(19-28(41)31(42)40-37(16-17-37)33(44)47-8)48-29-20-26(22-12-10-9-11-13-22)38-27-18-23(46-7)14-15-25(27)29/h9-15,18,20,24,28,30H,16-17,19,21H2,1-8H3,(H,39,45)(H,40,42). The molecular weight excluding hydrogens is 628 g/mol. The van der Waals surface area contributed by atoms with Gasteiger partial charge in [0, 0.05) is 29.5 Å². The number of alkyl carbamates (subject to hydrolysis) is 1. The molecule has 0 radical (unpaired) electrons. The van der Waals surface area contributed by atoms with Crippen molar-refractivity contribution in [3.05, 3.63) is 54.6 Å². The van der Waals surface area contributed by atoms with Crippen molar-refractivity contribution in [2.75, 3.05) is 20.8 Å². The van der Waals surface area contributed by atoms with Gasteiger partial charge in [0.2, 0.25) is 11.8 Å². The van der Waals surface area contributed by atoms with E-state index in [1.807, 2.05) is 75.4 Å². The minimum Gasteiger partial charge on any atom is -0.497 e. The molecule has 2 heterocycles. The van der Waals surface area contributed by atoms with E-state index in [2.05, 4.69) is 10.6 Å². The zero-order valence-corrected chi connectivity index (χ0v) is 29.4. The molecule has 2 fully saturated rings. The van der Waals surface area contributed by atoms with Crippen molar-refractivity contribution in [1.82, 2.24) is 20.5 Å². The Morgan fingerprint density at radius 1 is 0.959 bits per heavy atom. The van der Waals surface area contributed by atoms with E-state index in [1.54, 1.807) is 27.9 Å². The molecule has 2 aliphatic rings. The highest BCUT2D eigenvalue weighted by Crippen LogP contribution is 2.38. The summed E-state index contributed by atoms with van der Waals surface area (Å²) in [6.45, 7) is 10.7. The van der Waals surface area contributed by atoms with Gasteiger partial charge in [-0.25, -0.2) is 14.6 Å². The molecule has 12 nitrogen and oxygen atoms in total. The summed E-state index contributed by atoms with van der Waals surface area (Å²) in [5, 5.41) is 6.33. The third-order valence-electron chi connectivity index (χ3n) is 8.65. The number of benzene rings is 2. The molecule has 3 unspecified atom stereocenters. The van der Waals surface area contributed by atoms with Gasteiger partial charge in [0.25, 0.3) is 0 Å². The highest BCUT2D eigenvalue weighted by atomic mass is 16.6. The normalized spacial score (nSPS) is 19.1. The minimum atomic E-state index is -1.12. The maximum absolute atomic E-state index is 14.4. The summed E-state index contributed by atoms with van der Waals surface area (Å²) in [6, 6.07) is 15.0. The molecule has 0 spiro atoms. The van der Waals surface area contributed by atoms with E-state index in [0.29, 0.717) is 35.6 Å². The number of carbonyl (C=O) groups is 4. The largest absolute Gasteiger partial charge is 0.497 e. The van der Waals surface area contributed by atoms with Crippen LogP contribution in [0.25, 0.3) is 22.2 Å². The summed E-state index contributed by atoms with van der Waals surface area (Å²) in [7, 11) is 2.86. The molecule has 1 saturated heterocycles. The number of ether oxygens (including phenoxy) is 4. The number of hydrogen-bond donors (Lipinski definition) is 2. The number of carbonyl (C=O) groups excluding carboxylic acids is 4. The summed E-state index contributed by atoms with van der Waals surface area (Å²) in [4.78, 5) is 60.1. The number of aromatic nitrogens is 1. The maximum atomic E-state index is 14.4. The van der Waals surface area contributed by atoms with Crippen LogP contribution >= 0.6 is 0 Å². The first-order valence-electron chi connectivity index (χ1n) is 16.4. The highest BCUT2D eigenvalue weighted by molar-refractivity contribution is 5.96. The van der Waals surface area contributed by atoms with Gasteiger partial charge in [-0.15, -0.1) is 0 Å². The van der Waals surface area contributed by atoms with Crippen LogP contribution in [0, 0.1) is 5.41 Å². The van der Waals surface area contributed by atoms with Gasteiger partial charge >= 0.3 is 12.1 Å². The average molecular weight is 675 g/mol. The van der Waals surface area contributed by atoms with Crippen LogP contribution in [0.2, 0.25) is 0 Å². The van der Waals surface area contributed by atoms with E-state index in [-0.39, 0.29) is 13.0 Å². The Morgan fingerprint density at radius 2 is 1.65 bits per heavy atom. The van der Waals surface area contributed by atoms with Gasteiger partial charge in [0.05, 0.1) is 32.0 Å². The maximum Gasteiger partial charge on any atom is 0.408 e. The van der Waals surface area contributed by atoms with E-state index >= 15 is 0 Å². The molecule has 49 heavy (non-hydrogen) atoms. The Labute approximate surface area is 286 Å². The number of nitrogens with zero attached hydrogens (tertiary/aromatic N) is 2. The minimum absolute atomic E-state index is 0.0470. The lowest BCUT2D eigenvalue weighted by atomic mass is 9.85. The smallest absolute Gasteiger partial charge is 0.408 e. The molecule has 1 aliphatic carbocycles. The summed E-state index contributed by atoms with van der Waals surface area (Å²) >= 11 is 0. The number of nitrogens with one attached hydrogen (secondary N) is 2. The molecule has 3 atom stereocenters. The van der Waals surface area contributed by atoms with Crippen molar-refractivity contribution in [2.24, 2.45) is 5.41 Å². The van der Waals surface area contributed by atoms with E-state index < -0.39 is 58.6 Å². The van der Waals surface area contributed by atoms with Gasteiger partial charge in [-0.2, -0.15) is 0 Å².